The SMILES string of the molecule is C=C(C)CCC(CSC(C)(C)C)NC. The lowest BCUT2D eigenvalue weighted by Gasteiger charge is -2.22. The first kappa shape index (κ1) is 14.1. The van der Waals surface area contributed by atoms with Crippen LogP contribution < -0.4 is 5.32 Å². The lowest BCUT2D eigenvalue weighted by Crippen LogP contribution is -2.29. The number of allylic oxidation sites excluding steroid dienone is 1. The number of thioether (sulfide) groups is 1. The smallest absolute Gasteiger partial charge is 0.0158 e. The predicted octanol–water partition coefficient (Wildman–Crippen LogP) is 3.46. The molecule has 1 atom stereocenters. The van der Waals surface area contributed by atoms with Crippen LogP contribution in [0.2, 0.25) is 0 Å². The van der Waals surface area contributed by atoms with E-state index in [0.29, 0.717) is 10.8 Å². The van der Waals surface area contributed by atoms with E-state index in [-0.39, 0.29) is 0 Å². The minimum atomic E-state index is 0.373. The third kappa shape index (κ3) is 8.64. The molecule has 1 N–H and O–H groups in total. The van der Waals surface area contributed by atoms with E-state index in [2.05, 4.69) is 39.6 Å². The quantitative estimate of drug-likeness (QED) is 0.681. The van der Waals surface area contributed by atoms with Crippen LogP contribution in [0.25, 0.3) is 0 Å². The van der Waals surface area contributed by atoms with Crippen molar-refractivity contribution in [3.8, 4) is 0 Å². The van der Waals surface area contributed by atoms with Crippen LogP contribution in [0.5, 0.6) is 0 Å². The van der Waals surface area contributed by atoms with Gasteiger partial charge in [-0.05, 0) is 26.8 Å². The largest absolute Gasteiger partial charge is 0.316 e. The van der Waals surface area contributed by atoms with Crippen molar-refractivity contribution in [1.82, 2.24) is 5.32 Å². The molecule has 0 aromatic rings. The van der Waals surface area contributed by atoms with Gasteiger partial charge in [0.15, 0.2) is 0 Å². The molecule has 0 aliphatic rings. The Morgan fingerprint density at radius 2 is 2.00 bits per heavy atom. The third-order valence-corrected chi connectivity index (χ3v) is 3.48. The molecule has 14 heavy (non-hydrogen) atoms. The number of nitrogens with one attached hydrogen (secondary N) is 1. The zero-order valence-corrected chi connectivity index (χ0v) is 11.1. The molecule has 0 fully saturated rings. The van der Waals surface area contributed by atoms with E-state index in [0.717, 1.165) is 6.42 Å². The maximum absolute atomic E-state index is 3.94. The first-order valence-corrected chi connectivity index (χ1v) is 6.29. The number of hydrogen-bond donors (Lipinski definition) is 1. The zero-order valence-electron chi connectivity index (χ0n) is 10.3. The van der Waals surface area contributed by atoms with E-state index in [9.17, 15) is 0 Å². The number of rotatable bonds is 6. The van der Waals surface area contributed by atoms with Crippen LogP contribution in [-0.4, -0.2) is 23.6 Å². The van der Waals surface area contributed by atoms with Gasteiger partial charge in [0.05, 0.1) is 0 Å². The molecule has 0 aromatic carbocycles. The fraction of sp³-hybridized carbons (Fsp3) is 0.833. The van der Waals surface area contributed by atoms with Crippen LogP contribution in [0.3, 0.4) is 0 Å². The Bertz CT molecular complexity index is 170. The first-order valence-electron chi connectivity index (χ1n) is 5.31. The van der Waals surface area contributed by atoms with Gasteiger partial charge in [0.25, 0.3) is 0 Å². The highest BCUT2D eigenvalue weighted by Gasteiger charge is 2.14. The van der Waals surface area contributed by atoms with Gasteiger partial charge in [0, 0.05) is 16.5 Å². The molecule has 0 saturated carbocycles. The summed E-state index contributed by atoms with van der Waals surface area (Å²) < 4.78 is 0.373. The Balaban J connectivity index is 3.74. The maximum Gasteiger partial charge on any atom is 0.0158 e. The monoisotopic (exact) mass is 215 g/mol. The van der Waals surface area contributed by atoms with Gasteiger partial charge in [-0.15, -0.1) is 6.58 Å². The van der Waals surface area contributed by atoms with Crippen molar-refractivity contribution >= 4 is 11.8 Å². The molecule has 0 radical (unpaired) electrons. The second kappa shape index (κ2) is 6.52. The topological polar surface area (TPSA) is 12.0 Å². The summed E-state index contributed by atoms with van der Waals surface area (Å²) in [7, 11) is 2.05. The Kier molecular flexibility index (Phi) is 6.54. The van der Waals surface area contributed by atoms with Gasteiger partial charge in [-0.3, -0.25) is 0 Å². The van der Waals surface area contributed by atoms with E-state index >= 15 is 0 Å². The molecule has 0 aliphatic carbocycles. The highest BCUT2D eigenvalue weighted by atomic mass is 32.2. The molecule has 1 nitrogen and oxygen atoms in total. The van der Waals surface area contributed by atoms with Crippen LogP contribution in [0.15, 0.2) is 12.2 Å². The lowest BCUT2D eigenvalue weighted by molar-refractivity contribution is 0.569. The van der Waals surface area contributed by atoms with E-state index < -0.39 is 0 Å². The van der Waals surface area contributed by atoms with Crippen molar-refractivity contribution < 1.29 is 0 Å². The minimum Gasteiger partial charge on any atom is -0.316 e. The summed E-state index contributed by atoms with van der Waals surface area (Å²) in [5.41, 5.74) is 1.28. The molecule has 0 heterocycles. The predicted molar refractivity (Wildman–Crippen MR) is 69.1 cm³/mol. The van der Waals surface area contributed by atoms with Crippen molar-refractivity contribution in [3.63, 3.8) is 0 Å². The van der Waals surface area contributed by atoms with E-state index in [4.69, 9.17) is 0 Å². The van der Waals surface area contributed by atoms with Gasteiger partial charge in [-0.25, -0.2) is 0 Å². The van der Waals surface area contributed by atoms with Gasteiger partial charge in [0.2, 0.25) is 0 Å². The molecule has 0 saturated heterocycles. The highest BCUT2D eigenvalue weighted by molar-refractivity contribution is 8.00. The molecular formula is C12H25NS. The first-order chi connectivity index (χ1) is 6.35. The Morgan fingerprint density at radius 3 is 2.36 bits per heavy atom. The highest BCUT2D eigenvalue weighted by Crippen LogP contribution is 2.24. The summed E-state index contributed by atoms with van der Waals surface area (Å²) in [5.74, 6) is 1.19. The molecule has 84 valence electrons. The average molecular weight is 215 g/mol. The molecule has 2 heteroatoms. The second-order valence-electron chi connectivity index (χ2n) is 4.90. The maximum atomic E-state index is 3.94. The van der Waals surface area contributed by atoms with Crippen molar-refractivity contribution in [3.05, 3.63) is 12.2 Å². The van der Waals surface area contributed by atoms with Crippen LogP contribution in [0.1, 0.15) is 40.5 Å². The van der Waals surface area contributed by atoms with Gasteiger partial charge in [-0.1, -0.05) is 26.3 Å². The molecular weight excluding hydrogens is 190 g/mol. The molecule has 0 bridgehead atoms. The summed E-state index contributed by atoms with van der Waals surface area (Å²) in [5, 5.41) is 3.37. The Hall–Kier alpha value is 0.0500. The van der Waals surface area contributed by atoms with Crippen LogP contribution in [0, 0.1) is 0 Å². The van der Waals surface area contributed by atoms with Crippen molar-refractivity contribution in [2.24, 2.45) is 0 Å². The molecule has 0 spiro atoms. The Morgan fingerprint density at radius 1 is 1.43 bits per heavy atom. The molecule has 0 aliphatic heterocycles. The molecule has 0 aromatic heterocycles. The molecule has 1 unspecified atom stereocenters. The number of hydrogen-bond acceptors (Lipinski definition) is 2. The average Bonchev–Trinajstić information content (AvgIpc) is 2.02. The van der Waals surface area contributed by atoms with Crippen LogP contribution in [0.4, 0.5) is 0 Å². The fourth-order valence-electron chi connectivity index (χ4n) is 1.08. The summed E-state index contributed by atoms with van der Waals surface area (Å²) in [6.07, 6.45) is 2.34. The Labute approximate surface area is 93.7 Å². The van der Waals surface area contributed by atoms with Crippen LogP contribution in [-0.2, 0) is 0 Å². The molecule has 0 amide bonds. The second-order valence-corrected chi connectivity index (χ2v) is 6.75. The lowest BCUT2D eigenvalue weighted by atomic mass is 10.1. The van der Waals surface area contributed by atoms with Gasteiger partial charge < -0.3 is 5.32 Å². The minimum absolute atomic E-state index is 0.373. The van der Waals surface area contributed by atoms with Crippen molar-refractivity contribution in [2.75, 3.05) is 12.8 Å². The van der Waals surface area contributed by atoms with Gasteiger partial charge >= 0.3 is 0 Å². The van der Waals surface area contributed by atoms with E-state index in [1.165, 1.54) is 17.7 Å². The molecule has 0 rings (SSSR count). The summed E-state index contributed by atoms with van der Waals surface area (Å²) in [6, 6.07) is 0.621. The summed E-state index contributed by atoms with van der Waals surface area (Å²) in [6.45, 7) is 12.8. The summed E-state index contributed by atoms with van der Waals surface area (Å²) in [4.78, 5) is 0. The van der Waals surface area contributed by atoms with Gasteiger partial charge in [-0.2, -0.15) is 11.8 Å². The van der Waals surface area contributed by atoms with Crippen molar-refractivity contribution in [1.29, 1.82) is 0 Å². The van der Waals surface area contributed by atoms with E-state index in [1.807, 2.05) is 18.8 Å². The van der Waals surface area contributed by atoms with Gasteiger partial charge in [0.1, 0.15) is 0 Å². The third-order valence-electron chi connectivity index (χ3n) is 2.05. The van der Waals surface area contributed by atoms with Crippen molar-refractivity contribution in [2.45, 2.75) is 51.3 Å². The normalized spacial score (nSPS) is 14.1. The summed E-state index contributed by atoms with van der Waals surface area (Å²) >= 11 is 2.03. The van der Waals surface area contributed by atoms with E-state index in [1.54, 1.807) is 0 Å². The van der Waals surface area contributed by atoms with Crippen LogP contribution >= 0.6 is 11.8 Å². The zero-order chi connectivity index (χ0) is 11.2. The fourth-order valence-corrected chi connectivity index (χ4v) is 2.12. The standard InChI is InChI=1S/C12H25NS/c1-10(2)7-8-11(13-6)9-14-12(3,4)5/h11,13H,1,7-9H2,2-6H3.